The van der Waals surface area contributed by atoms with Gasteiger partial charge in [0.15, 0.2) is 0 Å². The largest absolute Gasteiger partial charge is 0.383 e. The molecule has 1 fully saturated rings. The fraction of sp³-hybridized carbons (Fsp3) is 0.632. The normalized spacial score (nSPS) is 19.6. The quantitative estimate of drug-likeness (QED) is 0.854. The lowest BCUT2D eigenvalue weighted by molar-refractivity contribution is 0.113. The van der Waals surface area contributed by atoms with E-state index in [2.05, 4.69) is 30.0 Å². The Morgan fingerprint density at radius 2 is 2.00 bits per heavy atom. The fourth-order valence-electron chi connectivity index (χ4n) is 4.05. The zero-order valence-electron chi connectivity index (χ0n) is 15.3. The van der Waals surface area contributed by atoms with E-state index in [1.54, 1.807) is 12.0 Å². The number of methoxy groups -OCH3 is 1. The summed E-state index contributed by atoms with van der Waals surface area (Å²) in [7, 11) is 5.41. The standard InChI is InChI=1S/C19H29N3O2/c1-15-5-6-17-16(13-15)19(14-22(17)18(23)20(2)3)7-9-21(10-8-19)11-12-24-4/h5-6,13H,7-12,14H2,1-4H3. The molecule has 1 spiro atoms. The summed E-state index contributed by atoms with van der Waals surface area (Å²) in [6.45, 7) is 6.86. The molecule has 3 rings (SSSR count). The highest BCUT2D eigenvalue weighted by molar-refractivity contribution is 5.95. The van der Waals surface area contributed by atoms with Crippen molar-refractivity contribution in [3.8, 4) is 0 Å². The van der Waals surface area contributed by atoms with Crippen molar-refractivity contribution in [3.63, 3.8) is 0 Å². The summed E-state index contributed by atoms with van der Waals surface area (Å²) in [6.07, 6.45) is 2.20. The molecule has 0 saturated carbocycles. The summed E-state index contributed by atoms with van der Waals surface area (Å²) in [5.41, 5.74) is 3.85. The van der Waals surface area contributed by atoms with Gasteiger partial charge in [0.1, 0.15) is 0 Å². The Morgan fingerprint density at radius 1 is 1.29 bits per heavy atom. The van der Waals surface area contributed by atoms with Crippen LogP contribution in [0.4, 0.5) is 10.5 Å². The van der Waals surface area contributed by atoms with Gasteiger partial charge in [0, 0.05) is 45.4 Å². The monoisotopic (exact) mass is 331 g/mol. The summed E-state index contributed by atoms with van der Waals surface area (Å²) in [6, 6.07) is 6.61. The number of aryl methyl sites for hydroxylation is 1. The summed E-state index contributed by atoms with van der Waals surface area (Å²) < 4.78 is 5.21. The lowest BCUT2D eigenvalue weighted by atomic mass is 9.74. The van der Waals surface area contributed by atoms with Crippen LogP contribution in [0, 0.1) is 6.92 Å². The van der Waals surface area contributed by atoms with Crippen LogP contribution in [0.3, 0.4) is 0 Å². The molecule has 0 aliphatic carbocycles. The molecule has 132 valence electrons. The molecule has 2 heterocycles. The van der Waals surface area contributed by atoms with Crippen molar-refractivity contribution >= 4 is 11.7 Å². The maximum atomic E-state index is 12.6. The number of carbonyl (C=O) groups excluding carboxylic acids is 1. The van der Waals surface area contributed by atoms with E-state index in [0.29, 0.717) is 0 Å². The van der Waals surface area contributed by atoms with Gasteiger partial charge in [-0.2, -0.15) is 0 Å². The van der Waals surface area contributed by atoms with Gasteiger partial charge in [-0.25, -0.2) is 4.79 Å². The first kappa shape index (κ1) is 17.2. The van der Waals surface area contributed by atoms with Gasteiger partial charge in [0.25, 0.3) is 0 Å². The molecular formula is C19H29N3O2. The molecule has 24 heavy (non-hydrogen) atoms. The van der Waals surface area contributed by atoms with Crippen molar-refractivity contribution in [1.29, 1.82) is 0 Å². The summed E-state index contributed by atoms with van der Waals surface area (Å²) >= 11 is 0. The first-order valence-corrected chi connectivity index (χ1v) is 8.78. The predicted octanol–water partition coefficient (Wildman–Crippen LogP) is 2.48. The SMILES string of the molecule is COCCN1CCC2(CC1)CN(C(=O)N(C)C)c1ccc(C)cc12. The van der Waals surface area contributed by atoms with Crippen molar-refractivity contribution in [2.24, 2.45) is 0 Å². The highest BCUT2D eigenvalue weighted by Crippen LogP contribution is 2.47. The van der Waals surface area contributed by atoms with Gasteiger partial charge in [-0.1, -0.05) is 17.7 Å². The molecule has 1 aromatic carbocycles. The number of benzene rings is 1. The van der Waals surface area contributed by atoms with Gasteiger partial charge < -0.3 is 14.5 Å². The topological polar surface area (TPSA) is 36.0 Å². The molecular weight excluding hydrogens is 302 g/mol. The van der Waals surface area contributed by atoms with E-state index < -0.39 is 0 Å². The first-order chi connectivity index (χ1) is 11.5. The second-order valence-electron chi connectivity index (χ2n) is 7.40. The minimum absolute atomic E-state index is 0.0822. The number of fused-ring (bicyclic) bond motifs is 2. The van der Waals surface area contributed by atoms with Crippen LogP contribution in [-0.4, -0.2) is 69.8 Å². The number of anilines is 1. The van der Waals surface area contributed by atoms with E-state index in [-0.39, 0.29) is 11.4 Å². The zero-order valence-corrected chi connectivity index (χ0v) is 15.3. The second kappa shape index (κ2) is 6.73. The van der Waals surface area contributed by atoms with Crippen LogP contribution in [0.1, 0.15) is 24.0 Å². The van der Waals surface area contributed by atoms with Gasteiger partial charge in [0.2, 0.25) is 0 Å². The molecule has 0 bridgehead atoms. The van der Waals surface area contributed by atoms with Crippen LogP contribution in [0.15, 0.2) is 18.2 Å². The van der Waals surface area contributed by atoms with E-state index in [1.807, 2.05) is 19.0 Å². The van der Waals surface area contributed by atoms with Crippen LogP contribution in [0.25, 0.3) is 0 Å². The minimum Gasteiger partial charge on any atom is -0.383 e. The van der Waals surface area contributed by atoms with Crippen LogP contribution >= 0.6 is 0 Å². The van der Waals surface area contributed by atoms with Crippen molar-refractivity contribution in [2.75, 3.05) is 58.9 Å². The predicted molar refractivity (Wildman–Crippen MR) is 96.8 cm³/mol. The third-order valence-electron chi connectivity index (χ3n) is 5.51. The number of hydrogen-bond acceptors (Lipinski definition) is 3. The molecule has 5 nitrogen and oxygen atoms in total. The smallest absolute Gasteiger partial charge is 0.323 e. The maximum Gasteiger partial charge on any atom is 0.323 e. The lowest BCUT2D eigenvalue weighted by Crippen LogP contribution is -2.48. The maximum absolute atomic E-state index is 12.6. The van der Waals surface area contributed by atoms with Crippen molar-refractivity contribution in [2.45, 2.75) is 25.2 Å². The Hall–Kier alpha value is -1.59. The number of urea groups is 1. The highest BCUT2D eigenvalue weighted by atomic mass is 16.5. The Bertz CT molecular complexity index is 607. The summed E-state index contributed by atoms with van der Waals surface area (Å²) in [4.78, 5) is 18.8. The van der Waals surface area contributed by atoms with Gasteiger partial charge in [0.05, 0.1) is 6.61 Å². The minimum atomic E-state index is 0.0822. The molecule has 1 aromatic rings. The van der Waals surface area contributed by atoms with Gasteiger partial charge in [-0.3, -0.25) is 4.90 Å². The number of hydrogen-bond donors (Lipinski definition) is 0. The number of carbonyl (C=O) groups is 1. The Kier molecular flexibility index (Phi) is 4.83. The van der Waals surface area contributed by atoms with Gasteiger partial charge in [-0.05, 0) is 44.5 Å². The average Bonchev–Trinajstić information content (AvgIpc) is 2.87. The zero-order chi connectivity index (χ0) is 17.3. The van der Waals surface area contributed by atoms with Crippen LogP contribution in [0.5, 0.6) is 0 Å². The number of piperidine rings is 1. The van der Waals surface area contributed by atoms with E-state index in [1.165, 1.54) is 11.1 Å². The Balaban J connectivity index is 1.86. The highest BCUT2D eigenvalue weighted by Gasteiger charge is 2.46. The van der Waals surface area contributed by atoms with Crippen LogP contribution < -0.4 is 4.90 Å². The lowest BCUT2D eigenvalue weighted by Gasteiger charge is -2.40. The average molecular weight is 331 g/mol. The molecule has 1 saturated heterocycles. The number of rotatable bonds is 3. The van der Waals surface area contributed by atoms with E-state index in [4.69, 9.17) is 4.74 Å². The molecule has 2 aliphatic rings. The number of amides is 2. The number of nitrogens with zero attached hydrogens (tertiary/aromatic N) is 3. The summed E-state index contributed by atoms with van der Waals surface area (Å²) in [5.74, 6) is 0. The Morgan fingerprint density at radius 3 is 2.62 bits per heavy atom. The fourth-order valence-corrected chi connectivity index (χ4v) is 4.05. The van der Waals surface area contributed by atoms with Crippen molar-refractivity contribution in [3.05, 3.63) is 29.3 Å². The van der Waals surface area contributed by atoms with Gasteiger partial charge >= 0.3 is 6.03 Å². The van der Waals surface area contributed by atoms with E-state index in [9.17, 15) is 4.79 Å². The molecule has 0 radical (unpaired) electrons. The molecule has 0 unspecified atom stereocenters. The van der Waals surface area contributed by atoms with Crippen LogP contribution in [-0.2, 0) is 10.2 Å². The third-order valence-corrected chi connectivity index (χ3v) is 5.51. The van der Waals surface area contributed by atoms with Gasteiger partial charge in [-0.15, -0.1) is 0 Å². The molecule has 0 aromatic heterocycles. The number of likely N-dealkylation sites (tertiary alicyclic amines) is 1. The van der Waals surface area contributed by atoms with Crippen LogP contribution in [0.2, 0.25) is 0 Å². The van der Waals surface area contributed by atoms with E-state index >= 15 is 0 Å². The third kappa shape index (κ3) is 3.03. The van der Waals surface area contributed by atoms with E-state index in [0.717, 1.165) is 51.3 Å². The Labute approximate surface area is 145 Å². The first-order valence-electron chi connectivity index (χ1n) is 8.78. The molecule has 2 amide bonds. The molecule has 5 heteroatoms. The number of ether oxygens (including phenoxy) is 1. The second-order valence-corrected chi connectivity index (χ2v) is 7.40. The molecule has 0 atom stereocenters. The van der Waals surface area contributed by atoms with Crippen molar-refractivity contribution in [1.82, 2.24) is 9.80 Å². The van der Waals surface area contributed by atoms with Crippen molar-refractivity contribution < 1.29 is 9.53 Å². The molecule has 0 N–H and O–H groups in total. The summed E-state index contributed by atoms with van der Waals surface area (Å²) in [5, 5.41) is 0. The molecule has 2 aliphatic heterocycles.